The Balaban J connectivity index is 2.23. The third kappa shape index (κ3) is 3.47. The first-order valence-electron chi connectivity index (χ1n) is 7.33. The topological polar surface area (TPSA) is 48.1 Å². The minimum Gasteiger partial charge on any atom is -0.492 e. The van der Waals surface area contributed by atoms with Gasteiger partial charge in [0.1, 0.15) is 5.75 Å². The molecule has 19 heavy (non-hydrogen) atoms. The zero-order valence-electron chi connectivity index (χ0n) is 12.4. The molecule has 0 radical (unpaired) electrons. The molecule has 2 unspecified atom stereocenters. The summed E-state index contributed by atoms with van der Waals surface area (Å²) in [6, 6.07) is 2.14. The van der Waals surface area contributed by atoms with Crippen LogP contribution in [-0.2, 0) is 0 Å². The van der Waals surface area contributed by atoms with Gasteiger partial charge in [0.2, 0.25) is 0 Å². The summed E-state index contributed by atoms with van der Waals surface area (Å²) in [7, 11) is 0. The Hall–Kier alpha value is -1.09. The number of pyridine rings is 1. The van der Waals surface area contributed by atoms with Gasteiger partial charge in [-0.15, -0.1) is 0 Å². The number of ether oxygens (including phenoxy) is 1. The van der Waals surface area contributed by atoms with Crippen LogP contribution < -0.4 is 10.5 Å². The summed E-state index contributed by atoms with van der Waals surface area (Å²) in [6.07, 6.45) is 7.44. The average molecular weight is 262 g/mol. The van der Waals surface area contributed by atoms with Gasteiger partial charge in [-0.2, -0.15) is 0 Å². The van der Waals surface area contributed by atoms with E-state index in [0.29, 0.717) is 23.9 Å². The highest BCUT2D eigenvalue weighted by Crippen LogP contribution is 2.46. The van der Waals surface area contributed by atoms with Gasteiger partial charge < -0.3 is 10.5 Å². The summed E-state index contributed by atoms with van der Waals surface area (Å²) in [5.74, 6) is 1.97. The third-order valence-electron chi connectivity index (χ3n) is 4.31. The molecule has 2 N–H and O–H groups in total. The lowest BCUT2D eigenvalue weighted by Gasteiger charge is -2.40. The lowest BCUT2D eigenvalue weighted by Crippen LogP contribution is -2.32. The van der Waals surface area contributed by atoms with Crippen LogP contribution in [0.5, 0.6) is 5.75 Å². The summed E-state index contributed by atoms with van der Waals surface area (Å²) in [4.78, 5) is 4.33. The SMILES string of the molecule is CCOc1cncc(C2CC(C)(C)CCC2CN)c1. The molecule has 1 aromatic heterocycles. The Labute approximate surface area is 116 Å². The van der Waals surface area contributed by atoms with Gasteiger partial charge in [-0.3, -0.25) is 4.98 Å². The predicted octanol–water partition coefficient (Wildman–Crippen LogP) is 3.35. The maximum atomic E-state index is 5.96. The predicted molar refractivity (Wildman–Crippen MR) is 78.3 cm³/mol. The second-order valence-electron chi connectivity index (χ2n) is 6.40. The van der Waals surface area contributed by atoms with E-state index in [1.54, 1.807) is 6.20 Å². The zero-order valence-corrected chi connectivity index (χ0v) is 12.4. The van der Waals surface area contributed by atoms with E-state index in [-0.39, 0.29) is 0 Å². The third-order valence-corrected chi connectivity index (χ3v) is 4.31. The minimum atomic E-state index is 0.401. The Kier molecular flexibility index (Phi) is 4.46. The van der Waals surface area contributed by atoms with E-state index in [1.165, 1.54) is 24.8 Å². The number of nitrogens with two attached hydrogens (primary N) is 1. The molecule has 1 saturated carbocycles. The van der Waals surface area contributed by atoms with Gasteiger partial charge in [0, 0.05) is 6.20 Å². The van der Waals surface area contributed by atoms with Crippen molar-refractivity contribution in [1.82, 2.24) is 4.98 Å². The second-order valence-corrected chi connectivity index (χ2v) is 6.40. The van der Waals surface area contributed by atoms with Crippen LogP contribution >= 0.6 is 0 Å². The maximum absolute atomic E-state index is 5.96. The fourth-order valence-electron chi connectivity index (χ4n) is 3.20. The van der Waals surface area contributed by atoms with Gasteiger partial charge in [0.05, 0.1) is 12.8 Å². The van der Waals surface area contributed by atoms with Gasteiger partial charge in [-0.05, 0) is 61.6 Å². The van der Waals surface area contributed by atoms with Crippen molar-refractivity contribution in [3.05, 3.63) is 24.0 Å². The smallest absolute Gasteiger partial charge is 0.137 e. The Morgan fingerprint density at radius 2 is 2.21 bits per heavy atom. The van der Waals surface area contributed by atoms with Crippen molar-refractivity contribution in [1.29, 1.82) is 0 Å². The highest BCUT2D eigenvalue weighted by atomic mass is 16.5. The Bertz CT molecular complexity index is 417. The zero-order chi connectivity index (χ0) is 13.9. The lowest BCUT2D eigenvalue weighted by molar-refractivity contribution is 0.165. The van der Waals surface area contributed by atoms with Crippen LogP contribution in [0.25, 0.3) is 0 Å². The van der Waals surface area contributed by atoms with E-state index in [2.05, 4.69) is 24.9 Å². The number of rotatable bonds is 4. The largest absolute Gasteiger partial charge is 0.492 e. The normalized spacial score (nSPS) is 26.1. The highest BCUT2D eigenvalue weighted by Gasteiger charge is 2.35. The molecule has 1 aliphatic carbocycles. The van der Waals surface area contributed by atoms with Gasteiger partial charge in [-0.1, -0.05) is 13.8 Å². The van der Waals surface area contributed by atoms with Crippen LogP contribution in [-0.4, -0.2) is 18.1 Å². The molecule has 1 heterocycles. The standard InChI is InChI=1S/C16H26N2O/c1-4-19-14-7-13(10-18-11-14)15-8-16(2,3)6-5-12(15)9-17/h7,10-12,15H,4-6,8-9,17H2,1-3H3. The van der Waals surface area contributed by atoms with Gasteiger partial charge in [0.15, 0.2) is 0 Å². The van der Waals surface area contributed by atoms with Crippen LogP contribution in [0.2, 0.25) is 0 Å². The molecule has 3 heteroatoms. The van der Waals surface area contributed by atoms with Crippen molar-refractivity contribution in [2.75, 3.05) is 13.2 Å². The first kappa shape index (κ1) is 14.3. The second kappa shape index (κ2) is 5.91. The van der Waals surface area contributed by atoms with Crippen molar-refractivity contribution in [3.8, 4) is 5.75 Å². The molecule has 0 spiro atoms. The van der Waals surface area contributed by atoms with Crippen LogP contribution in [0.1, 0.15) is 51.5 Å². The lowest BCUT2D eigenvalue weighted by atomic mass is 9.65. The van der Waals surface area contributed by atoms with E-state index >= 15 is 0 Å². The summed E-state index contributed by atoms with van der Waals surface area (Å²) in [5, 5.41) is 0. The molecule has 2 rings (SSSR count). The Morgan fingerprint density at radius 1 is 1.42 bits per heavy atom. The molecule has 0 aromatic carbocycles. The first-order chi connectivity index (χ1) is 9.05. The van der Waals surface area contributed by atoms with Crippen LogP contribution in [0.15, 0.2) is 18.5 Å². The number of nitrogens with zero attached hydrogens (tertiary/aromatic N) is 1. The highest BCUT2D eigenvalue weighted by molar-refractivity contribution is 5.27. The average Bonchev–Trinajstić information content (AvgIpc) is 2.38. The van der Waals surface area contributed by atoms with E-state index in [4.69, 9.17) is 10.5 Å². The molecular weight excluding hydrogens is 236 g/mol. The number of aromatic nitrogens is 1. The van der Waals surface area contributed by atoms with Gasteiger partial charge in [-0.25, -0.2) is 0 Å². The summed E-state index contributed by atoms with van der Waals surface area (Å²) >= 11 is 0. The minimum absolute atomic E-state index is 0.401. The maximum Gasteiger partial charge on any atom is 0.137 e. The molecule has 0 saturated heterocycles. The van der Waals surface area contributed by atoms with E-state index in [0.717, 1.165) is 12.3 Å². The van der Waals surface area contributed by atoms with Crippen molar-refractivity contribution in [2.24, 2.45) is 17.1 Å². The molecule has 1 aliphatic rings. The van der Waals surface area contributed by atoms with Crippen molar-refractivity contribution in [3.63, 3.8) is 0 Å². The molecule has 1 aromatic rings. The van der Waals surface area contributed by atoms with E-state index in [9.17, 15) is 0 Å². The molecule has 0 amide bonds. The molecule has 2 atom stereocenters. The van der Waals surface area contributed by atoms with E-state index < -0.39 is 0 Å². The molecule has 1 fully saturated rings. The van der Waals surface area contributed by atoms with Crippen molar-refractivity contribution >= 4 is 0 Å². The fourth-order valence-corrected chi connectivity index (χ4v) is 3.20. The summed E-state index contributed by atoms with van der Waals surface area (Å²) in [5.41, 5.74) is 7.65. The quantitative estimate of drug-likeness (QED) is 0.905. The number of hydrogen-bond acceptors (Lipinski definition) is 3. The van der Waals surface area contributed by atoms with Crippen molar-refractivity contribution < 1.29 is 4.74 Å². The summed E-state index contributed by atoms with van der Waals surface area (Å²) < 4.78 is 5.56. The molecule has 0 aliphatic heterocycles. The van der Waals surface area contributed by atoms with Gasteiger partial charge in [0.25, 0.3) is 0 Å². The van der Waals surface area contributed by atoms with Crippen LogP contribution in [0, 0.1) is 11.3 Å². The fraction of sp³-hybridized carbons (Fsp3) is 0.688. The van der Waals surface area contributed by atoms with Gasteiger partial charge >= 0.3 is 0 Å². The van der Waals surface area contributed by atoms with Crippen LogP contribution in [0.4, 0.5) is 0 Å². The molecule has 106 valence electrons. The first-order valence-corrected chi connectivity index (χ1v) is 7.33. The molecule has 0 bridgehead atoms. The van der Waals surface area contributed by atoms with E-state index in [1.807, 2.05) is 13.1 Å². The van der Waals surface area contributed by atoms with Crippen molar-refractivity contribution in [2.45, 2.75) is 46.0 Å². The number of hydrogen-bond donors (Lipinski definition) is 1. The van der Waals surface area contributed by atoms with Crippen LogP contribution in [0.3, 0.4) is 0 Å². The summed E-state index contributed by atoms with van der Waals surface area (Å²) in [6.45, 7) is 8.15. The molecule has 3 nitrogen and oxygen atoms in total. The molecular formula is C16H26N2O. The Morgan fingerprint density at radius 3 is 2.89 bits per heavy atom. The monoisotopic (exact) mass is 262 g/mol.